The summed E-state index contributed by atoms with van der Waals surface area (Å²) < 4.78 is 0. The number of hydrogen-bond donors (Lipinski definition) is 1. The number of aromatic nitrogens is 1. The summed E-state index contributed by atoms with van der Waals surface area (Å²) in [6.07, 6.45) is 13.0. The Morgan fingerprint density at radius 1 is 1.22 bits per heavy atom. The fourth-order valence-corrected chi connectivity index (χ4v) is 4.12. The van der Waals surface area contributed by atoms with Crippen LogP contribution in [0.1, 0.15) is 63.4 Å². The Kier molecular flexibility index (Phi) is 5.31. The van der Waals surface area contributed by atoms with E-state index in [0.29, 0.717) is 12.5 Å². The molecule has 2 heterocycles. The fraction of sp³-hybridized carbons (Fsp3) is 0.684. The van der Waals surface area contributed by atoms with Crippen molar-refractivity contribution in [3.8, 4) is 0 Å². The van der Waals surface area contributed by atoms with Gasteiger partial charge in [-0.05, 0) is 56.2 Å². The van der Waals surface area contributed by atoms with Gasteiger partial charge in [0.25, 0.3) is 0 Å². The van der Waals surface area contributed by atoms with Crippen LogP contribution in [0, 0.1) is 0 Å². The van der Waals surface area contributed by atoms with E-state index in [4.69, 9.17) is 0 Å². The van der Waals surface area contributed by atoms with Crippen LogP contribution in [-0.4, -0.2) is 39.1 Å². The molecule has 2 fully saturated rings. The molecule has 1 amide bonds. The first-order chi connectivity index (χ1) is 11.2. The van der Waals surface area contributed by atoms with Crippen molar-refractivity contribution in [2.45, 2.75) is 75.9 Å². The van der Waals surface area contributed by atoms with Gasteiger partial charge in [0.15, 0.2) is 0 Å². The van der Waals surface area contributed by atoms with Gasteiger partial charge in [0.2, 0.25) is 5.91 Å². The van der Waals surface area contributed by atoms with E-state index in [9.17, 15) is 9.90 Å². The predicted octanol–water partition coefficient (Wildman–Crippen LogP) is 3.09. The molecule has 126 valence electrons. The molecule has 1 N–H and O–H groups in total. The van der Waals surface area contributed by atoms with Crippen LogP contribution >= 0.6 is 0 Å². The molecule has 3 rings (SSSR count). The molecular formula is C19H28N2O2. The molecule has 4 heteroatoms. The lowest BCUT2D eigenvalue weighted by Crippen LogP contribution is -2.42. The normalized spacial score (nSPS) is 23.9. The van der Waals surface area contributed by atoms with Gasteiger partial charge in [-0.15, -0.1) is 0 Å². The average molecular weight is 316 g/mol. The van der Waals surface area contributed by atoms with E-state index in [2.05, 4.69) is 4.98 Å². The van der Waals surface area contributed by atoms with E-state index < -0.39 is 5.60 Å². The highest BCUT2D eigenvalue weighted by Gasteiger charge is 2.36. The maximum Gasteiger partial charge on any atom is 0.225 e. The molecule has 0 radical (unpaired) electrons. The summed E-state index contributed by atoms with van der Waals surface area (Å²) in [5, 5.41) is 10.6. The van der Waals surface area contributed by atoms with Gasteiger partial charge in [-0.2, -0.15) is 0 Å². The van der Waals surface area contributed by atoms with Crippen LogP contribution in [0.5, 0.6) is 0 Å². The monoisotopic (exact) mass is 316 g/mol. The average Bonchev–Trinajstić information content (AvgIpc) is 3.03. The van der Waals surface area contributed by atoms with Crippen molar-refractivity contribution in [3.63, 3.8) is 0 Å². The van der Waals surface area contributed by atoms with E-state index >= 15 is 0 Å². The minimum Gasteiger partial charge on any atom is -0.389 e. The highest BCUT2D eigenvalue weighted by molar-refractivity contribution is 5.78. The summed E-state index contributed by atoms with van der Waals surface area (Å²) in [4.78, 5) is 18.8. The highest BCUT2D eigenvalue weighted by atomic mass is 16.3. The fourth-order valence-electron chi connectivity index (χ4n) is 4.12. The van der Waals surface area contributed by atoms with E-state index in [1.165, 1.54) is 12.0 Å². The number of pyridine rings is 1. The molecular weight excluding hydrogens is 288 g/mol. The van der Waals surface area contributed by atoms with Crippen molar-refractivity contribution in [2.24, 2.45) is 0 Å². The maximum atomic E-state index is 12.7. The smallest absolute Gasteiger partial charge is 0.225 e. The quantitative estimate of drug-likeness (QED) is 0.908. The maximum absolute atomic E-state index is 12.7. The zero-order chi connectivity index (χ0) is 16.1. The minimum atomic E-state index is -0.742. The molecule has 1 aliphatic carbocycles. The summed E-state index contributed by atoms with van der Waals surface area (Å²) >= 11 is 0. The molecule has 1 aromatic heterocycles. The molecule has 1 saturated carbocycles. The molecule has 1 aromatic rings. The van der Waals surface area contributed by atoms with Crippen molar-refractivity contribution >= 4 is 5.91 Å². The molecule has 0 spiro atoms. The Bertz CT molecular complexity index is 511. The molecule has 4 nitrogen and oxygen atoms in total. The Morgan fingerprint density at radius 3 is 2.70 bits per heavy atom. The number of nitrogens with zero attached hydrogens (tertiary/aromatic N) is 2. The molecule has 0 aromatic carbocycles. The van der Waals surface area contributed by atoms with Crippen LogP contribution in [-0.2, 0) is 11.2 Å². The van der Waals surface area contributed by atoms with Gasteiger partial charge in [0, 0.05) is 25.0 Å². The van der Waals surface area contributed by atoms with Crippen molar-refractivity contribution in [1.82, 2.24) is 9.88 Å². The van der Waals surface area contributed by atoms with Crippen LogP contribution in [0.3, 0.4) is 0 Å². The van der Waals surface area contributed by atoms with Crippen molar-refractivity contribution in [1.29, 1.82) is 0 Å². The third-order valence-corrected chi connectivity index (χ3v) is 5.48. The standard InChI is InChI=1S/C19H28N2O2/c22-18(15-19(23)10-2-1-3-11-19)21-14-4-5-17(21)7-6-16-8-12-20-13-9-16/h8-9,12-13,17,23H,1-7,10-11,14-15H2/t17-/m0/s1. The minimum absolute atomic E-state index is 0.159. The van der Waals surface area contributed by atoms with Crippen LogP contribution < -0.4 is 0 Å². The second kappa shape index (κ2) is 7.43. The highest BCUT2D eigenvalue weighted by Crippen LogP contribution is 2.33. The third-order valence-electron chi connectivity index (χ3n) is 5.48. The van der Waals surface area contributed by atoms with Crippen LogP contribution in [0.15, 0.2) is 24.5 Å². The van der Waals surface area contributed by atoms with Gasteiger partial charge in [-0.3, -0.25) is 9.78 Å². The van der Waals surface area contributed by atoms with E-state index in [1.54, 1.807) is 0 Å². The first kappa shape index (κ1) is 16.4. The zero-order valence-electron chi connectivity index (χ0n) is 13.9. The number of carbonyl (C=O) groups is 1. The van der Waals surface area contributed by atoms with Crippen LogP contribution in [0.4, 0.5) is 0 Å². The SMILES string of the molecule is O=C(CC1(O)CCCCC1)N1CCC[C@H]1CCc1ccncc1. The van der Waals surface area contributed by atoms with Gasteiger partial charge >= 0.3 is 0 Å². The number of amides is 1. The van der Waals surface area contributed by atoms with Crippen LogP contribution in [0.2, 0.25) is 0 Å². The molecule has 0 bridgehead atoms. The third kappa shape index (κ3) is 4.31. The zero-order valence-corrected chi connectivity index (χ0v) is 13.9. The van der Waals surface area contributed by atoms with Gasteiger partial charge in [-0.1, -0.05) is 19.3 Å². The summed E-state index contributed by atoms with van der Waals surface area (Å²) in [5.41, 5.74) is 0.540. The van der Waals surface area contributed by atoms with Crippen molar-refractivity contribution in [3.05, 3.63) is 30.1 Å². The van der Waals surface area contributed by atoms with Gasteiger partial charge < -0.3 is 10.0 Å². The van der Waals surface area contributed by atoms with Gasteiger partial charge in [0.1, 0.15) is 0 Å². The summed E-state index contributed by atoms with van der Waals surface area (Å²) in [7, 11) is 0. The number of hydrogen-bond acceptors (Lipinski definition) is 3. The predicted molar refractivity (Wildman–Crippen MR) is 89.9 cm³/mol. The number of aryl methyl sites for hydroxylation is 1. The van der Waals surface area contributed by atoms with E-state index in [0.717, 1.165) is 57.9 Å². The Hall–Kier alpha value is -1.42. The number of likely N-dealkylation sites (tertiary alicyclic amines) is 1. The number of carbonyl (C=O) groups excluding carboxylic acids is 1. The summed E-state index contributed by atoms with van der Waals surface area (Å²) in [5.74, 6) is 0.159. The topological polar surface area (TPSA) is 53.4 Å². The number of aliphatic hydroxyl groups is 1. The molecule has 1 saturated heterocycles. The second-order valence-electron chi connectivity index (χ2n) is 7.24. The Balaban J connectivity index is 1.54. The molecule has 1 atom stereocenters. The Labute approximate surface area is 138 Å². The molecule has 23 heavy (non-hydrogen) atoms. The summed E-state index contributed by atoms with van der Waals surface area (Å²) in [6.45, 7) is 0.857. The lowest BCUT2D eigenvalue weighted by molar-refractivity contribution is -0.138. The van der Waals surface area contributed by atoms with Gasteiger partial charge in [0.05, 0.1) is 12.0 Å². The molecule has 2 aliphatic rings. The van der Waals surface area contributed by atoms with E-state index in [1.807, 2.05) is 29.4 Å². The van der Waals surface area contributed by atoms with E-state index in [-0.39, 0.29) is 5.91 Å². The van der Waals surface area contributed by atoms with Crippen molar-refractivity contribution in [2.75, 3.05) is 6.54 Å². The van der Waals surface area contributed by atoms with Gasteiger partial charge in [-0.25, -0.2) is 0 Å². The Morgan fingerprint density at radius 2 is 1.96 bits per heavy atom. The number of rotatable bonds is 5. The van der Waals surface area contributed by atoms with Crippen molar-refractivity contribution < 1.29 is 9.90 Å². The lowest BCUT2D eigenvalue weighted by atomic mass is 9.82. The lowest BCUT2D eigenvalue weighted by Gasteiger charge is -2.34. The second-order valence-corrected chi connectivity index (χ2v) is 7.24. The first-order valence-corrected chi connectivity index (χ1v) is 9.07. The molecule has 1 aliphatic heterocycles. The van der Waals surface area contributed by atoms with Crippen LogP contribution in [0.25, 0.3) is 0 Å². The largest absolute Gasteiger partial charge is 0.389 e. The first-order valence-electron chi connectivity index (χ1n) is 9.07. The summed E-state index contributed by atoms with van der Waals surface area (Å²) in [6, 6.07) is 4.43. The molecule has 0 unspecified atom stereocenters.